The third-order valence-corrected chi connectivity index (χ3v) is 7.37. The Morgan fingerprint density at radius 3 is 2.47 bits per heavy atom. The van der Waals surface area contributed by atoms with Crippen LogP contribution in [0.3, 0.4) is 0 Å². The van der Waals surface area contributed by atoms with E-state index in [-0.39, 0.29) is 43.8 Å². The Labute approximate surface area is 253 Å². The minimum Gasteiger partial charge on any atom is -0.464 e. The molecule has 230 valence electrons. The number of aromatic nitrogens is 3. The lowest BCUT2D eigenvalue weighted by Gasteiger charge is -2.29. The van der Waals surface area contributed by atoms with Gasteiger partial charge >= 0.3 is 5.97 Å². The second-order valence-corrected chi connectivity index (χ2v) is 10.7. The van der Waals surface area contributed by atoms with E-state index in [9.17, 15) is 14.4 Å². The van der Waals surface area contributed by atoms with Crippen LogP contribution in [0.25, 0.3) is 22.5 Å². The number of rotatable bonds is 16. The van der Waals surface area contributed by atoms with E-state index in [2.05, 4.69) is 22.6 Å². The number of para-hydroxylation sites is 1. The number of nitrogens with one attached hydrogen (secondary N) is 1. The van der Waals surface area contributed by atoms with Crippen LogP contribution in [0.2, 0.25) is 0 Å². The summed E-state index contributed by atoms with van der Waals surface area (Å²) in [7, 11) is 0. The third kappa shape index (κ3) is 8.73. The SMILES string of the molecule is CCCCCCC(=O)OCCn1nnc2c1-c1ccccc1N(C(=O)CCNC(=O)CCOCCC)Cc1ccccc1-2. The lowest BCUT2D eigenvalue weighted by Crippen LogP contribution is -2.35. The summed E-state index contributed by atoms with van der Waals surface area (Å²) >= 11 is 0. The minimum absolute atomic E-state index is 0.107. The molecule has 0 atom stereocenters. The van der Waals surface area contributed by atoms with Crippen molar-refractivity contribution in [3.8, 4) is 22.5 Å². The van der Waals surface area contributed by atoms with Crippen molar-refractivity contribution in [3.05, 3.63) is 54.1 Å². The monoisotopic (exact) mass is 589 g/mol. The molecule has 0 unspecified atom stereocenters. The highest BCUT2D eigenvalue weighted by atomic mass is 16.5. The number of ether oxygens (including phenoxy) is 2. The summed E-state index contributed by atoms with van der Waals surface area (Å²) in [5.74, 6) is -0.449. The first kappa shape index (κ1) is 31.9. The Bertz CT molecular complexity index is 1370. The van der Waals surface area contributed by atoms with Crippen molar-refractivity contribution in [1.29, 1.82) is 0 Å². The first-order valence-corrected chi connectivity index (χ1v) is 15.4. The highest BCUT2D eigenvalue weighted by Gasteiger charge is 2.29. The van der Waals surface area contributed by atoms with E-state index in [4.69, 9.17) is 9.47 Å². The second-order valence-electron chi connectivity index (χ2n) is 10.7. The van der Waals surface area contributed by atoms with E-state index in [0.717, 1.165) is 65.9 Å². The number of hydrogen-bond acceptors (Lipinski definition) is 7. The van der Waals surface area contributed by atoms with Gasteiger partial charge in [-0.1, -0.05) is 80.8 Å². The number of anilines is 1. The number of amides is 2. The van der Waals surface area contributed by atoms with Crippen LogP contribution in [0, 0.1) is 0 Å². The maximum absolute atomic E-state index is 13.7. The standard InChI is InChI=1S/C33H43N5O5/c1-3-5-6-7-16-31(41)43-23-20-38-33-27-14-10-11-15-28(27)37(24-25-12-8-9-13-26(25)32(33)35-36-38)30(40)17-19-34-29(39)18-22-42-21-4-2/h8-15H,3-7,16-24H2,1-2H3,(H,34,39). The lowest BCUT2D eigenvalue weighted by atomic mass is 9.95. The number of carbonyl (C=O) groups excluding carboxylic acids is 3. The van der Waals surface area contributed by atoms with E-state index in [1.807, 2.05) is 55.5 Å². The van der Waals surface area contributed by atoms with Gasteiger partial charge in [-0.05, 0) is 24.5 Å². The summed E-state index contributed by atoms with van der Waals surface area (Å²) in [4.78, 5) is 39.9. The zero-order valence-corrected chi connectivity index (χ0v) is 25.3. The molecule has 3 aromatic rings. The van der Waals surface area contributed by atoms with Crippen LogP contribution in [0.15, 0.2) is 48.5 Å². The van der Waals surface area contributed by atoms with E-state index in [1.54, 1.807) is 9.58 Å². The fraction of sp³-hybridized carbons (Fsp3) is 0.485. The zero-order chi connectivity index (χ0) is 30.4. The van der Waals surface area contributed by atoms with Crippen molar-refractivity contribution < 1.29 is 23.9 Å². The van der Waals surface area contributed by atoms with E-state index in [0.29, 0.717) is 32.7 Å². The molecule has 1 aromatic heterocycles. The number of benzene rings is 2. The number of esters is 1. The predicted molar refractivity (Wildman–Crippen MR) is 165 cm³/mol. The van der Waals surface area contributed by atoms with Crippen LogP contribution in [0.4, 0.5) is 5.69 Å². The smallest absolute Gasteiger partial charge is 0.305 e. The van der Waals surface area contributed by atoms with Crippen molar-refractivity contribution in [3.63, 3.8) is 0 Å². The topological polar surface area (TPSA) is 116 Å². The van der Waals surface area contributed by atoms with Gasteiger partial charge in [-0.3, -0.25) is 14.4 Å². The lowest BCUT2D eigenvalue weighted by molar-refractivity contribution is -0.144. The molecular formula is C33H43N5O5. The van der Waals surface area contributed by atoms with Crippen molar-refractivity contribution >= 4 is 23.5 Å². The van der Waals surface area contributed by atoms with Crippen LogP contribution in [0.1, 0.15) is 70.8 Å². The molecule has 0 radical (unpaired) electrons. The van der Waals surface area contributed by atoms with Gasteiger partial charge in [-0.15, -0.1) is 5.10 Å². The molecule has 0 spiro atoms. The Kier molecular flexibility index (Phi) is 12.3. The van der Waals surface area contributed by atoms with Crippen molar-refractivity contribution in [2.75, 3.05) is 31.3 Å². The van der Waals surface area contributed by atoms with Gasteiger partial charge in [0, 0.05) is 43.5 Å². The van der Waals surface area contributed by atoms with Crippen molar-refractivity contribution in [2.45, 2.75) is 78.3 Å². The molecule has 2 amide bonds. The molecule has 43 heavy (non-hydrogen) atoms. The molecule has 2 aromatic carbocycles. The van der Waals surface area contributed by atoms with Gasteiger partial charge in [0.05, 0.1) is 31.1 Å². The molecule has 2 heterocycles. The van der Waals surface area contributed by atoms with Gasteiger partial charge in [0.1, 0.15) is 12.3 Å². The van der Waals surface area contributed by atoms with Crippen molar-refractivity contribution in [2.24, 2.45) is 0 Å². The summed E-state index contributed by atoms with van der Waals surface area (Å²) < 4.78 is 12.7. The van der Waals surface area contributed by atoms with E-state index < -0.39 is 0 Å². The van der Waals surface area contributed by atoms with Crippen LogP contribution in [0.5, 0.6) is 0 Å². The molecule has 0 saturated carbocycles. The first-order valence-electron chi connectivity index (χ1n) is 15.4. The Morgan fingerprint density at radius 1 is 0.860 bits per heavy atom. The minimum atomic E-state index is -0.206. The molecule has 4 rings (SSSR count). The molecule has 10 heteroatoms. The summed E-state index contributed by atoms with van der Waals surface area (Å²) in [6, 6.07) is 15.6. The van der Waals surface area contributed by atoms with Gasteiger partial charge in [0.15, 0.2) is 0 Å². The average molecular weight is 590 g/mol. The molecule has 1 aliphatic rings. The number of unbranched alkanes of at least 4 members (excludes halogenated alkanes) is 3. The highest BCUT2D eigenvalue weighted by Crippen LogP contribution is 2.41. The average Bonchev–Trinajstić information content (AvgIpc) is 3.42. The van der Waals surface area contributed by atoms with Crippen LogP contribution < -0.4 is 10.2 Å². The molecule has 0 aliphatic carbocycles. The normalized spacial score (nSPS) is 12.0. The van der Waals surface area contributed by atoms with Crippen LogP contribution in [-0.2, 0) is 36.9 Å². The third-order valence-electron chi connectivity index (χ3n) is 7.37. The molecule has 0 bridgehead atoms. The van der Waals surface area contributed by atoms with E-state index in [1.165, 1.54) is 0 Å². The Hall–Kier alpha value is -4.05. The number of carbonyl (C=O) groups is 3. The van der Waals surface area contributed by atoms with Gasteiger partial charge in [0.2, 0.25) is 11.8 Å². The Balaban J connectivity index is 1.52. The van der Waals surface area contributed by atoms with Crippen LogP contribution >= 0.6 is 0 Å². The summed E-state index contributed by atoms with van der Waals surface area (Å²) in [5.41, 5.74) is 4.87. The van der Waals surface area contributed by atoms with Gasteiger partial charge < -0.3 is 19.7 Å². The fourth-order valence-corrected chi connectivity index (χ4v) is 5.15. The zero-order valence-electron chi connectivity index (χ0n) is 25.3. The largest absolute Gasteiger partial charge is 0.464 e. The van der Waals surface area contributed by atoms with Gasteiger partial charge in [-0.25, -0.2) is 4.68 Å². The van der Waals surface area contributed by atoms with Crippen molar-refractivity contribution in [1.82, 2.24) is 20.3 Å². The maximum atomic E-state index is 13.7. The predicted octanol–water partition coefficient (Wildman–Crippen LogP) is 5.30. The molecular weight excluding hydrogens is 546 g/mol. The second kappa shape index (κ2) is 16.6. The number of fused-ring (bicyclic) bond motifs is 5. The molecule has 0 fully saturated rings. The van der Waals surface area contributed by atoms with E-state index >= 15 is 0 Å². The number of nitrogens with zero attached hydrogens (tertiary/aromatic N) is 4. The highest BCUT2D eigenvalue weighted by molar-refractivity contribution is 6.00. The first-order chi connectivity index (χ1) is 21.0. The fourth-order valence-electron chi connectivity index (χ4n) is 5.15. The number of hydrogen-bond donors (Lipinski definition) is 1. The molecule has 1 N–H and O–H groups in total. The van der Waals surface area contributed by atoms with Gasteiger partial charge in [0.25, 0.3) is 0 Å². The van der Waals surface area contributed by atoms with Crippen LogP contribution in [-0.4, -0.2) is 59.1 Å². The maximum Gasteiger partial charge on any atom is 0.305 e. The van der Waals surface area contributed by atoms with Gasteiger partial charge in [-0.2, -0.15) is 0 Å². The quantitative estimate of drug-likeness (QED) is 0.178. The molecule has 1 aliphatic heterocycles. The summed E-state index contributed by atoms with van der Waals surface area (Å²) in [6.45, 7) is 6.26. The Morgan fingerprint density at radius 2 is 1.65 bits per heavy atom. The summed E-state index contributed by atoms with van der Waals surface area (Å²) in [6.07, 6.45) is 5.81. The molecule has 0 saturated heterocycles. The summed E-state index contributed by atoms with van der Waals surface area (Å²) in [5, 5.41) is 11.8. The molecule has 10 nitrogen and oxygen atoms in total.